The zero-order valence-electron chi connectivity index (χ0n) is 10.9. The lowest BCUT2D eigenvalue weighted by Gasteiger charge is -2.24. The van der Waals surface area contributed by atoms with Gasteiger partial charge in [0.25, 0.3) is 0 Å². The van der Waals surface area contributed by atoms with Crippen LogP contribution in [0.3, 0.4) is 0 Å². The van der Waals surface area contributed by atoms with Crippen molar-refractivity contribution in [3.8, 4) is 0 Å². The summed E-state index contributed by atoms with van der Waals surface area (Å²) in [7, 11) is 2.17. The van der Waals surface area contributed by atoms with Crippen molar-refractivity contribution in [3.05, 3.63) is 0 Å². The van der Waals surface area contributed by atoms with Crippen molar-refractivity contribution in [1.29, 1.82) is 0 Å². The Hall–Kier alpha value is -0.160. The molecule has 1 fully saturated rings. The Morgan fingerprint density at radius 1 is 1.19 bits per heavy atom. The highest BCUT2D eigenvalue weighted by Crippen LogP contribution is 2.01. The van der Waals surface area contributed by atoms with E-state index in [2.05, 4.69) is 36.0 Å². The number of nitrogens with one attached hydrogen (secondary N) is 1. The third kappa shape index (κ3) is 5.80. The molecule has 0 bridgehead atoms. The van der Waals surface area contributed by atoms with Gasteiger partial charge in [-0.1, -0.05) is 13.8 Å². The van der Waals surface area contributed by atoms with Crippen molar-refractivity contribution in [1.82, 2.24) is 15.1 Å². The Labute approximate surface area is 99.6 Å². The minimum Gasteiger partial charge on any atom is -0.390 e. The molecule has 1 rings (SSSR count). The molecule has 16 heavy (non-hydrogen) atoms. The van der Waals surface area contributed by atoms with Crippen LogP contribution in [0.2, 0.25) is 0 Å². The van der Waals surface area contributed by atoms with Crippen LogP contribution in [-0.4, -0.2) is 73.4 Å². The standard InChI is InChI=1S/C12H27N3O/c1-11(2)13-9-12(16)10-15-6-4-5-14(3)7-8-15/h11-13,16H,4-10H2,1-3H3. The Bertz CT molecular complexity index is 187. The maximum absolute atomic E-state index is 9.89. The summed E-state index contributed by atoms with van der Waals surface area (Å²) in [5.74, 6) is 0. The fraction of sp³-hybridized carbons (Fsp3) is 1.00. The molecular formula is C12H27N3O. The molecule has 0 spiro atoms. The molecule has 0 aromatic carbocycles. The van der Waals surface area contributed by atoms with E-state index in [1.165, 1.54) is 13.0 Å². The second-order valence-corrected chi connectivity index (χ2v) is 5.17. The first kappa shape index (κ1) is 13.9. The number of aliphatic hydroxyl groups is 1. The molecule has 4 nitrogen and oxygen atoms in total. The van der Waals surface area contributed by atoms with Crippen LogP contribution in [0.15, 0.2) is 0 Å². The van der Waals surface area contributed by atoms with Gasteiger partial charge in [-0.15, -0.1) is 0 Å². The summed E-state index contributed by atoms with van der Waals surface area (Å²) < 4.78 is 0. The molecule has 96 valence electrons. The third-order valence-corrected chi connectivity index (χ3v) is 3.04. The van der Waals surface area contributed by atoms with Crippen LogP contribution < -0.4 is 5.32 Å². The number of nitrogens with zero attached hydrogens (tertiary/aromatic N) is 2. The Balaban J connectivity index is 2.19. The van der Waals surface area contributed by atoms with Crippen LogP contribution in [0.5, 0.6) is 0 Å². The smallest absolute Gasteiger partial charge is 0.0791 e. The molecule has 0 aromatic heterocycles. The molecule has 1 aliphatic heterocycles. The van der Waals surface area contributed by atoms with Crippen molar-refractivity contribution in [2.45, 2.75) is 32.4 Å². The minimum absolute atomic E-state index is 0.245. The molecule has 0 aliphatic carbocycles. The first-order valence-corrected chi connectivity index (χ1v) is 6.40. The molecule has 1 aliphatic rings. The van der Waals surface area contributed by atoms with E-state index in [0.29, 0.717) is 12.6 Å². The van der Waals surface area contributed by atoms with E-state index in [1.54, 1.807) is 0 Å². The van der Waals surface area contributed by atoms with Gasteiger partial charge in [0.15, 0.2) is 0 Å². The highest BCUT2D eigenvalue weighted by atomic mass is 16.3. The lowest BCUT2D eigenvalue weighted by atomic mass is 10.2. The predicted molar refractivity (Wildman–Crippen MR) is 67.7 cm³/mol. The zero-order chi connectivity index (χ0) is 12.0. The normalized spacial score (nSPS) is 22.3. The van der Waals surface area contributed by atoms with Gasteiger partial charge in [-0.3, -0.25) is 4.90 Å². The number of rotatable bonds is 5. The first-order valence-electron chi connectivity index (χ1n) is 6.40. The number of β-amino-alcohol motifs (C(OH)–C–C–N with tert-alkyl or cyclic N) is 1. The van der Waals surface area contributed by atoms with Gasteiger partial charge in [0.2, 0.25) is 0 Å². The Kier molecular flexibility index (Phi) is 6.28. The highest BCUT2D eigenvalue weighted by Gasteiger charge is 2.15. The lowest BCUT2D eigenvalue weighted by Crippen LogP contribution is -2.41. The van der Waals surface area contributed by atoms with Gasteiger partial charge in [-0.2, -0.15) is 0 Å². The Morgan fingerprint density at radius 2 is 1.94 bits per heavy atom. The van der Waals surface area contributed by atoms with Gasteiger partial charge in [0.05, 0.1) is 6.10 Å². The van der Waals surface area contributed by atoms with Crippen molar-refractivity contribution >= 4 is 0 Å². The molecule has 1 unspecified atom stereocenters. The third-order valence-electron chi connectivity index (χ3n) is 3.04. The van der Waals surface area contributed by atoms with Gasteiger partial charge in [-0.05, 0) is 26.6 Å². The first-order chi connectivity index (χ1) is 7.58. The fourth-order valence-corrected chi connectivity index (χ4v) is 2.02. The molecular weight excluding hydrogens is 202 g/mol. The van der Waals surface area contributed by atoms with Crippen LogP contribution in [-0.2, 0) is 0 Å². The molecule has 0 saturated carbocycles. The van der Waals surface area contributed by atoms with E-state index >= 15 is 0 Å². The maximum atomic E-state index is 9.89. The van der Waals surface area contributed by atoms with E-state index < -0.39 is 0 Å². The van der Waals surface area contributed by atoms with Gasteiger partial charge < -0.3 is 15.3 Å². The minimum atomic E-state index is -0.245. The van der Waals surface area contributed by atoms with E-state index in [9.17, 15) is 5.11 Å². The average Bonchev–Trinajstić information content (AvgIpc) is 2.41. The summed E-state index contributed by atoms with van der Waals surface area (Å²) >= 11 is 0. The summed E-state index contributed by atoms with van der Waals surface area (Å²) in [5, 5.41) is 13.2. The molecule has 0 amide bonds. The van der Waals surface area contributed by atoms with Crippen molar-refractivity contribution in [2.75, 3.05) is 46.3 Å². The van der Waals surface area contributed by atoms with E-state index in [0.717, 1.165) is 26.2 Å². The van der Waals surface area contributed by atoms with Gasteiger partial charge in [0, 0.05) is 32.2 Å². The molecule has 4 heteroatoms. The maximum Gasteiger partial charge on any atom is 0.0791 e. The predicted octanol–water partition coefficient (Wildman–Crippen LogP) is -0.0172. The van der Waals surface area contributed by atoms with Gasteiger partial charge >= 0.3 is 0 Å². The number of likely N-dealkylation sites (N-methyl/N-ethyl adjacent to an activating group) is 1. The highest BCUT2D eigenvalue weighted by molar-refractivity contribution is 4.72. The van der Waals surface area contributed by atoms with Crippen LogP contribution in [0.1, 0.15) is 20.3 Å². The second-order valence-electron chi connectivity index (χ2n) is 5.17. The van der Waals surface area contributed by atoms with E-state index in [-0.39, 0.29) is 6.10 Å². The van der Waals surface area contributed by atoms with E-state index in [1.807, 2.05) is 0 Å². The molecule has 0 radical (unpaired) electrons. The van der Waals surface area contributed by atoms with Crippen LogP contribution in [0.25, 0.3) is 0 Å². The molecule has 2 N–H and O–H groups in total. The summed E-state index contributed by atoms with van der Waals surface area (Å²) in [5.41, 5.74) is 0. The molecule has 1 atom stereocenters. The topological polar surface area (TPSA) is 38.7 Å². The van der Waals surface area contributed by atoms with Crippen LogP contribution in [0.4, 0.5) is 0 Å². The SMILES string of the molecule is CC(C)NCC(O)CN1CCCN(C)CC1. The fourth-order valence-electron chi connectivity index (χ4n) is 2.02. The van der Waals surface area contributed by atoms with Crippen molar-refractivity contribution in [2.24, 2.45) is 0 Å². The van der Waals surface area contributed by atoms with Crippen LogP contribution >= 0.6 is 0 Å². The number of hydrogen-bond donors (Lipinski definition) is 2. The van der Waals surface area contributed by atoms with E-state index in [4.69, 9.17) is 0 Å². The molecule has 0 aromatic rings. The summed E-state index contributed by atoms with van der Waals surface area (Å²) in [6.07, 6.45) is 0.965. The number of aliphatic hydroxyl groups excluding tert-OH is 1. The Morgan fingerprint density at radius 3 is 2.62 bits per heavy atom. The average molecular weight is 229 g/mol. The monoisotopic (exact) mass is 229 g/mol. The summed E-state index contributed by atoms with van der Waals surface area (Å²) in [6.45, 7) is 10.2. The van der Waals surface area contributed by atoms with Crippen LogP contribution in [0, 0.1) is 0 Å². The van der Waals surface area contributed by atoms with Crippen molar-refractivity contribution in [3.63, 3.8) is 0 Å². The summed E-state index contributed by atoms with van der Waals surface area (Å²) in [6, 6.07) is 0.449. The lowest BCUT2D eigenvalue weighted by molar-refractivity contribution is 0.111. The quantitative estimate of drug-likeness (QED) is 0.695. The molecule has 1 saturated heterocycles. The van der Waals surface area contributed by atoms with Gasteiger partial charge in [0.1, 0.15) is 0 Å². The largest absolute Gasteiger partial charge is 0.390 e. The van der Waals surface area contributed by atoms with Crippen molar-refractivity contribution < 1.29 is 5.11 Å². The summed E-state index contributed by atoms with van der Waals surface area (Å²) in [4.78, 5) is 4.73. The zero-order valence-corrected chi connectivity index (χ0v) is 10.9. The molecule has 1 heterocycles. The second kappa shape index (κ2) is 7.22. The number of hydrogen-bond acceptors (Lipinski definition) is 4. The van der Waals surface area contributed by atoms with Gasteiger partial charge in [-0.25, -0.2) is 0 Å².